The van der Waals surface area contributed by atoms with Crippen LogP contribution in [0.2, 0.25) is 10.0 Å². The van der Waals surface area contributed by atoms with Gasteiger partial charge in [-0.1, -0.05) is 67.7 Å². The van der Waals surface area contributed by atoms with Gasteiger partial charge in [0, 0.05) is 35.1 Å². The summed E-state index contributed by atoms with van der Waals surface area (Å²) in [5, 5.41) is 10.6. The number of hydrogen-bond donors (Lipinski definition) is 1. The van der Waals surface area contributed by atoms with E-state index >= 15 is 0 Å². The van der Waals surface area contributed by atoms with Crippen LogP contribution in [0.25, 0.3) is 0 Å². The molecule has 4 atom stereocenters. The fourth-order valence-electron chi connectivity index (χ4n) is 6.18. The largest absolute Gasteiger partial charge is 0.481 e. The van der Waals surface area contributed by atoms with Crippen molar-refractivity contribution < 1.29 is 23.1 Å². The van der Waals surface area contributed by atoms with Crippen LogP contribution in [0, 0.1) is 5.41 Å². The Hall–Kier alpha value is -2.13. The average molecular weight is 610 g/mol. The predicted octanol–water partition coefficient (Wildman–Crippen LogP) is 6.51. The van der Waals surface area contributed by atoms with Gasteiger partial charge in [0.2, 0.25) is 15.9 Å². The molecule has 1 N–H and O–H groups in total. The first-order valence-corrected chi connectivity index (χ1v) is 16.2. The highest BCUT2D eigenvalue weighted by atomic mass is 35.5. The molecule has 2 aromatic carbocycles. The first-order chi connectivity index (χ1) is 18.9. The normalized spacial score (nSPS) is 24.6. The van der Waals surface area contributed by atoms with E-state index in [4.69, 9.17) is 23.2 Å². The number of carboxylic acids is 1. The summed E-state index contributed by atoms with van der Waals surface area (Å²) in [7, 11) is -3.40. The van der Waals surface area contributed by atoms with Gasteiger partial charge in [0.05, 0.1) is 23.1 Å². The second kappa shape index (κ2) is 12.4. The molecule has 7 nitrogen and oxygen atoms in total. The molecule has 1 aliphatic carbocycles. The van der Waals surface area contributed by atoms with Gasteiger partial charge in [-0.15, -0.1) is 0 Å². The summed E-state index contributed by atoms with van der Waals surface area (Å²) in [6, 6.07) is 14.1. The van der Waals surface area contributed by atoms with Crippen LogP contribution in [0.3, 0.4) is 0 Å². The van der Waals surface area contributed by atoms with Gasteiger partial charge in [-0.25, -0.2) is 12.7 Å². The molecular formula is C30H38Cl2N2O5S. The van der Waals surface area contributed by atoms with Crippen LogP contribution in [-0.2, 0) is 19.6 Å². The van der Waals surface area contributed by atoms with Crippen molar-refractivity contribution in [2.24, 2.45) is 5.41 Å². The predicted molar refractivity (Wildman–Crippen MR) is 158 cm³/mol. The molecule has 1 amide bonds. The van der Waals surface area contributed by atoms with Crippen LogP contribution < -0.4 is 0 Å². The van der Waals surface area contributed by atoms with E-state index in [0.717, 1.165) is 17.5 Å². The third-order valence-electron chi connectivity index (χ3n) is 8.59. The molecule has 0 bridgehead atoms. The van der Waals surface area contributed by atoms with Crippen molar-refractivity contribution in [2.75, 3.05) is 13.1 Å². The second-order valence-corrected chi connectivity index (χ2v) is 14.5. The van der Waals surface area contributed by atoms with E-state index in [1.807, 2.05) is 44.2 Å². The van der Waals surface area contributed by atoms with E-state index in [9.17, 15) is 23.1 Å². The Balaban J connectivity index is 1.75. The second-order valence-electron chi connectivity index (χ2n) is 11.4. The molecule has 1 heterocycles. The maximum Gasteiger partial charge on any atom is 0.304 e. The Morgan fingerprint density at radius 3 is 2.35 bits per heavy atom. The Morgan fingerprint density at radius 2 is 1.80 bits per heavy atom. The van der Waals surface area contributed by atoms with Crippen LogP contribution in [0.15, 0.2) is 48.5 Å². The Bertz CT molecular complexity index is 1330. The van der Waals surface area contributed by atoms with Gasteiger partial charge >= 0.3 is 5.97 Å². The van der Waals surface area contributed by atoms with Crippen LogP contribution in [-0.4, -0.2) is 59.0 Å². The zero-order chi connectivity index (χ0) is 29.2. The molecule has 4 rings (SSSR count). The molecule has 10 heteroatoms. The summed E-state index contributed by atoms with van der Waals surface area (Å²) >= 11 is 12.6. The quantitative estimate of drug-likeness (QED) is 0.313. The fourth-order valence-corrected chi connectivity index (χ4v) is 8.57. The summed E-state index contributed by atoms with van der Waals surface area (Å²) in [6.45, 7) is 6.12. The number of carbonyl (C=O) groups excluding carboxylic acids is 1. The van der Waals surface area contributed by atoms with E-state index in [-0.39, 0.29) is 36.1 Å². The highest BCUT2D eigenvalue weighted by Crippen LogP contribution is 2.52. The number of likely N-dealkylation sites (tertiary alicyclic amines) is 1. The van der Waals surface area contributed by atoms with E-state index in [2.05, 4.69) is 0 Å². The minimum absolute atomic E-state index is 0.245. The van der Waals surface area contributed by atoms with Crippen LogP contribution >= 0.6 is 23.2 Å². The Kier molecular flexibility index (Phi) is 9.55. The summed E-state index contributed by atoms with van der Waals surface area (Å²) in [4.78, 5) is 28.0. The third-order valence-corrected chi connectivity index (χ3v) is 11.6. The zero-order valence-corrected chi connectivity index (χ0v) is 25.6. The van der Waals surface area contributed by atoms with E-state index < -0.39 is 27.4 Å². The Labute approximate surface area is 247 Å². The van der Waals surface area contributed by atoms with E-state index in [0.29, 0.717) is 42.3 Å². The molecule has 1 saturated carbocycles. The molecule has 0 aromatic heterocycles. The molecular weight excluding hydrogens is 571 g/mol. The van der Waals surface area contributed by atoms with E-state index in [1.165, 1.54) is 4.31 Å². The van der Waals surface area contributed by atoms with Gasteiger partial charge in [0.15, 0.2) is 0 Å². The van der Waals surface area contributed by atoms with E-state index in [1.54, 1.807) is 30.0 Å². The molecule has 2 fully saturated rings. The smallest absolute Gasteiger partial charge is 0.304 e. The zero-order valence-electron chi connectivity index (χ0n) is 23.2. The number of benzene rings is 2. The maximum absolute atomic E-state index is 14.3. The molecule has 1 saturated heterocycles. The average Bonchev–Trinajstić information content (AvgIpc) is 2.84. The standard InChI is InChI=1S/C30H38Cl2N2O5S/c1-4-33(40(38,39)25-9-6-10-25)16-15-20(2)34-28(21-11-13-23(31)14-12-21)26(22-7-5-8-24(32)17-22)18-30(3,29(34)37)19-27(35)36/h5,7-8,11-14,17,20,25-26,28H,4,6,9-10,15-16,18-19H2,1-3H3,(H,35,36)/t20-,26+,28+,30+/m0/s1. The van der Waals surface area contributed by atoms with Gasteiger partial charge in [-0.2, -0.15) is 0 Å². The molecule has 2 aliphatic rings. The summed E-state index contributed by atoms with van der Waals surface area (Å²) in [5.41, 5.74) is 0.635. The van der Waals surface area contributed by atoms with Gasteiger partial charge in [-0.3, -0.25) is 9.59 Å². The highest BCUT2D eigenvalue weighted by molar-refractivity contribution is 7.89. The summed E-state index contributed by atoms with van der Waals surface area (Å²) < 4.78 is 27.9. The topological polar surface area (TPSA) is 95.0 Å². The molecule has 1 aliphatic heterocycles. The SMILES string of the molecule is CCN(CC[C@H](C)N1C(=O)[C@@](C)(CC(=O)O)C[C@H](c2cccc(Cl)c2)[C@H]1c1ccc(Cl)cc1)S(=O)(=O)C1CCC1. The van der Waals surface area contributed by atoms with Crippen molar-refractivity contribution in [3.8, 4) is 0 Å². The number of nitrogens with zero attached hydrogens (tertiary/aromatic N) is 2. The minimum atomic E-state index is -3.40. The van der Waals surface area contributed by atoms with Gasteiger partial charge in [-0.05, 0) is 68.0 Å². The fraction of sp³-hybridized carbons (Fsp3) is 0.533. The van der Waals surface area contributed by atoms with Crippen molar-refractivity contribution >= 4 is 45.1 Å². The number of halogens is 2. The van der Waals surface area contributed by atoms with Crippen molar-refractivity contribution in [1.29, 1.82) is 0 Å². The van der Waals surface area contributed by atoms with Crippen molar-refractivity contribution in [3.63, 3.8) is 0 Å². The number of hydrogen-bond acceptors (Lipinski definition) is 4. The summed E-state index contributed by atoms with van der Waals surface area (Å²) in [5.74, 6) is -1.53. The first-order valence-electron chi connectivity index (χ1n) is 13.9. The van der Waals surface area contributed by atoms with Crippen LogP contribution in [0.1, 0.15) is 82.4 Å². The molecule has 2 aromatic rings. The lowest BCUT2D eigenvalue weighted by Crippen LogP contribution is -2.56. The lowest BCUT2D eigenvalue weighted by Gasteiger charge is -2.51. The van der Waals surface area contributed by atoms with Crippen LogP contribution in [0.5, 0.6) is 0 Å². The van der Waals surface area contributed by atoms with Crippen molar-refractivity contribution in [2.45, 2.75) is 82.5 Å². The maximum atomic E-state index is 14.3. The van der Waals surface area contributed by atoms with Gasteiger partial charge in [0.25, 0.3) is 0 Å². The monoisotopic (exact) mass is 608 g/mol. The van der Waals surface area contributed by atoms with Crippen molar-refractivity contribution in [3.05, 3.63) is 69.7 Å². The number of carbonyl (C=O) groups is 2. The molecule has 0 radical (unpaired) electrons. The lowest BCUT2D eigenvalue weighted by molar-refractivity contribution is -0.160. The minimum Gasteiger partial charge on any atom is -0.481 e. The van der Waals surface area contributed by atoms with Crippen LogP contribution in [0.4, 0.5) is 0 Å². The first kappa shape index (κ1) is 30.8. The van der Waals surface area contributed by atoms with Crippen molar-refractivity contribution in [1.82, 2.24) is 9.21 Å². The Morgan fingerprint density at radius 1 is 1.12 bits per heavy atom. The molecule has 0 unspecified atom stereocenters. The number of sulfonamides is 1. The molecule has 40 heavy (non-hydrogen) atoms. The number of piperidine rings is 1. The number of aliphatic carboxylic acids is 1. The third kappa shape index (κ3) is 6.35. The highest BCUT2D eigenvalue weighted by Gasteiger charge is 2.52. The van der Waals surface area contributed by atoms with Gasteiger partial charge < -0.3 is 10.0 Å². The molecule has 218 valence electrons. The summed E-state index contributed by atoms with van der Waals surface area (Å²) in [6.07, 6.45) is 2.73. The number of carboxylic acid groups (broad SMARTS) is 1. The number of rotatable bonds is 11. The van der Waals surface area contributed by atoms with Gasteiger partial charge in [0.1, 0.15) is 0 Å². The molecule has 0 spiro atoms. The lowest BCUT2D eigenvalue weighted by atomic mass is 9.67. The number of amides is 1.